The van der Waals surface area contributed by atoms with Gasteiger partial charge < -0.3 is 15.4 Å². The monoisotopic (exact) mass is 327 g/mol. The zero-order chi connectivity index (χ0) is 15.4. The van der Waals surface area contributed by atoms with E-state index >= 15 is 0 Å². The summed E-state index contributed by atoms with van der Waals surface area (Å²) >= 11 is 12.3. The maximum absolute atomic E-state index is 6.19. The summed E-state index contributed by atoms with van der Waals surface area (Å²) in [7, 11) is 1.71. The van der Waals surface area contributed by atoms with Crippen molar-refractivity contribution >= 4 is 40.8 Å². The molecule has 2 N–H and O–H groups in total. The van der Waals surface area contributed by atoms with E-state index in [1.165, 1.54) is 0 Å². The molecule has 0 saturated carbocycles. The summed E-state index contributed by atoms with van der Waals surface area (Å²) in [6, 6.07) is 3.73. The standard InChI is InChI=1S/C13H15Cl2N5O/c1-4-21-13-19-11(16-3)18-12(20-13)17-10-6-8(14)7(2)5-9(10)15/h5-6H,4H2,1-3H3,(H2,16,17,18,19,20). The predicted molar refractivity (Wildman–Crippen MR) is 85.0 cm³/mol. The third-order valence-electron chi connectivity index (χ3n) is 2.61. The number of nitrogens with one attached hydrogen (secondary N) is 2. The summed E-state index contributed by atoms with van der Waals surface area (Å²) in [6.07, 6.45) is 0. The van der Waals surface area contributed by atoms with Gasteiger partial charge in [-0.2, -0.15) is 15.0 Å². The molecule has 0 atom stereocenters. The molecule has 2 rings (SSSR count). The van der Waals surface area contributed by atoms with Crippen molar-refractivity contribution < 1.29 is 4.74 Å². The van der Waals surface area contributed by atoms with Crippen LogP contribution >= 0.6 is 23.2 Å². The first-order chi connectivity index (χ1) is 10.0. The van der Waals surface area contributed by atoms with Gasteiger partial charge in [-0.25, -0.2) is 0 Å². The molecule has 0 aliphatic carbocycles. The highest BCUT2D eigenvalue weighted by Crippen LogP contribution is 2.30. The molecular weight excluding hydrogens is 313 g/mol. The van der Waals surface area contributed by atoms with E-state index < -0.39 is 0 Å². The number of nitrogens with zero attached hydrogens (tertiary/aromatic N) is 3. The molecule has 0 spiro atoms. The smallest absolute Gasteiger partial charge is 0.323 e. The summed E-state index contributed by atoms with van der Waals surface area (Å²) in [5, 5.41) is 7.00. The van der Waals surface area contributed by atoms with E-state index in [4.69, 9.17) is 27.9 Å². The molecule has 2 aromatic rings. The van der Waals surface area contributed by atoms with E-state index in [9.17, 15) is 0 Å². The SMILES string of the molecule is CCOc1nc(NC)nc(Nc2cc(Cl)c(C)cc2Cl)n1. The minimum absolute atomic E-state index is 0.230. The molecule has 0 bridgehead atoms. The molecule has 0 saturated heterocycles. The Labute approximate surface area is 132 Å². The first kappa shape index (κ1) is 15.6. The van der Waals surface area contributed by atoms with Crippen LogP contribution in [0.15, 0.2) is 12.1 Å². The van der Waals surface area contributed by atoms with Gasteiger partial charge >= 0.3 is 6.01 Å². The number of halogens is 2. The molecule has 1 heterocycles. The summed E-state index contributed by atoms with van der Waals surface area (Å²) in [5.74, 6) is 0.713. The molecule has 112 valence electrons. The number of hydrogen-bond acceptors (Lipinski definition) is 6. The Bertz CT molecular complexity index is 651. The van der Waals surface area contributed by atoms with Crippen LogP contribution in [0.1, 0.15) is 12.5 Å². The van der Waals surface area contributed by atoms with Crippen molar-refractivity contribution in [1.82, 2.24) is 15.0 Å². The number of ether oxygens (including phenoxy) is 1. The summed E-state index contributed by atoms with van der Waals surface area (Å²) in [4.78, 5) is 12.4. The molecular formula is C13H15Cl2N5O. The van der Waals surface area contributed by atoms with Gasteiger partial charge in [-0.05, 0) is 31.5 Å². The third-order valence-corrected chi connectivity index (χ3v) is 3.33. The van der Waals surface area contributed by atoms with E-state index in [1.807, 2.05) is 13.8 Å². The first-order valence-electron chi connectivity index (χ1n) is 6.32. The van der Waals surface area contributed by atoms with E-state index in [0.29, 0.717) is 34.2 Å². The Morgan fingerprint density at radius 3 is 2.48 bits per heavy atom. The highest BCUT2D eigenvalue weighted by molar-refractivity contribution is 6.35. The van der Waals surface area contributed by atoms with Gasteiger partial charge in [0, 0.05) is 12.1 Å². The minimum atomic E-state index is 0.230. The normalized spacial score (nSPS) is 10.3. The van der Waals surface area contributed by atoms with Crippen molar-refractivity contribution in [3.63, 3.8) is 0 Å². The molecule has 0 unspecified atom stereocenters. The summed E-state index contributed by atoms with van der Waals surface area (Å²) in [5.41, 5.74) is 1.51. The van der Waals surface area contributed by atoms with Crippen LogP contribution in [0.2, 0.25) is 10.0 Å². The highest BCUT2D eigenvalue weighted by Gasteiger charge is 2.10. The van der Waals surface area contributed by atoms with Gasteiger partial charge in [0.05, 0.1) is 17.3 Å². The second-order valence-corrected chi connectivity index (χ2v) is 4.97. The lowest BCUT2D eigenvalue weighted by Crippen LogP contribution is -2.07. The number of hydrogen-bond donors (Lipinski definition) is 2. The first-order valence-corrected chi connectivity index (χ1v) is 7.08. The predicted octanol–water partition coefficient (Wildman–Crippen LogP) is 3.67. The average molecular weight is 328 g/mol. The molecule has 0 radical (unpaired) electrons. The minimum Gasteiger partial charge on any atom is -0.464 e. The quantitative estimate of drug-likeness (QED) is 0.872. The maximum atomic E-state index is 6.19. The van der Waals surface area contributed by atoms with E-state index in [-0.39, 0.29) is 6.01 Å². The molecule has 0 fully saturated rings. The number of benzene rings is 1. The summed E-state index contributed by atoms with van der Waals surface area (Å²) < 4.78 is 5.30. The number of rotatable bonds is 5. The van der Waals surface area contributed by atoms with Crippen LogP contribution in [-0.2, 0) is 0 Å². The van der Waals surface area contributed by atoms with E-state index in [1.54, 1.807) is 19.2 Å². The lowest BCUT2D eigenvalue weighted by Gasteiger charge is -2.11. The largest absolute Gasteiger partial charge is 0.464 e. The second kappa shape index (κ2) is 6.78. The van der Waals surface area contributed by atoms with E-state index in [0.717, 1.165) is 5.56 Å². The molecule has 0 aliphatic heterocycles. The van der Waals surface area contributed by atoms with Crippen molar-refractivity contribution in [2.45, 2.75) is 13.8 Å². The van der Waals surface area contributed by atoms with Crippen LogP contribution in [-0.4, -0.2) is 28.6 Å². The zero-order valence-electron chi connectivity index (χ0n) is 11.9. The van der Waals surface area contributed by atoms with Crippen molar-refractivity contribution in [3.8, 4) is 6.01 Å². The van der Waals surface area contributed by atoms with Crippen molar-refractivity contribution in [2.24, 2.45) is 0 Å². The van der Waals surface area contributed by atoms with Crippen molar-refractivity contribution in [1.29, 1.82) is 0 Å². The maximum Gasteiger partial charge on any atom is 0.323 e. The molecule has 0 amide bonds. The van der Waals surface area contributed by atoms with Crippen LogP contribution in [0.3, 0.4) is 0 Å². The zero-order valence-corrected chi connectivity index (χ0v) is 13.4. The van der Waals surface area contributed by atoms with Gasteiger partial charge in [0.2, 0.25) is 11.9 Å². The highest BCUT2D eigenvalue weighted by atomic mass is 35.5. The molecule has 6 nitrogen and oxygen atoms in total. The van der Waals surface area contributed by atoms with Crippen LogP contribution in [0.4, 0.5) is 17.6 Å². The van der Waals surface area contributed by atoms with Gasteiger partial charge in [0.25, 0.3) is 0 Å². The topological polar surface area (TPSA) is 72.0 Å². The Kier molecular flexibility index (Phi) is 5.03. The average Bonchev–Trinajstić information content (AvgIpc) is 2.45. The fraction of sp³-hybridized carbons (Fsp3) is 0.308. The van der Waals surface area contributed by atoms with Crippen molar-refractivity contribution in [2.75, 3.05) is 24.3 Å². The lowest BCUT2D eigenvalue weighted by molar-refractivity contribution is 0.312. The van der Waals surface area contributed by atoms with Gasteiger partial charge in [-0.1, -0.05) is 23.2 Å². The van der Waals surface area contributed by atoms with Crippen LogP contribution in [0.25, 0.3) is 0 Å². The number of anilines is 3. The molecule has 21 heavy (non-hydrogen) atoms. The molecule has 1 aromatic heterocycles. The summed E-state index contributed by atoms with van der Waals surface area (Å²) in [6.45, 7) is 4.20. The van der Waals surface area contributed by atoms with Gasteiger partial charge in [-0.15, -0.1) is 0 Å². The third kappa shape index (κ3) is 3.86. The Balaban J connectivity index is 2.34. The van der Waals surface area contributed by atoms with Gasteiger partial charge in [-0.3, -0.25) is 0 Å². The molecule has 1 aromatic carbocycles. The van der Waals surface area contributed by atoms with Crippen molar-refractivity contribution in [3.05, 3.63) is 27.7 Å². The molecule has 8 heteroatoms. The second-order valence-electron chi connectivity index (χ2n) is 4.15. The van der Waals surface area contributed by atoms with Gasteiger partial charge in [0.15, 0.2) is 0 Å². The number of aromatic nitrogens is 3. The van der Waals surface area contributed by atoms with Crippen LogP contribution in [0.5, 0.6) is 6.01 Å². The fourth-order valence-corrected chi connectivity index (χ4v) is 2.01. The number of aryl methyl sites for hydroxylation is 1. The fourth-order valence-electron chi connectivity index (χ4n) is 1.58. The van der Waals surface area contributed by atoms with Gasteiger partial charge in [0.1, 0.15) is 0 Å². The Morgan fingerprint density at radius 2 is 1.81 bits per heavy atom. The Morgan fingerprint density at radius 1 is 1.10 bits per heavy atom. The molecule has 0 aliphatic rings. The lowest BCUT2D eigenvalue weighted by atomic mass is 10.2. The Hall–Kier alpha value is -1.79. The van der Waals surface area contributed by atoms with Crippen LogP contribution < -0.4 is 15.4 Å². The van der Waals surface area contributed by atoms with Crippen LogP contribution in [0, 0.1) is 6.92 Å². The van der Waals surface area contributed by atoms with E-state index in [2.05, 4.69) is 25.6 Å².